The first kappa shape index (κ1) is 16.1. The number of aromatic nitrogens is 3. The highest BCUT2D eigenvalue weighted by molar-refractivity contribution is 5.93. The van der Waals surface area contributed by atoms with Crippen molar-refractivity contribution in [2.24, 2.45) is 11.8 Å². The van der Waals surface area contributed by atoms with E-state index >= 15 is 0 Å². The van der Waals surface area contributed by atoms with Crippen LogP contribution in [0.25, 0.3) is 0 Å². The second-order valence-electron chi connectivity index (χ2n) is 7.06. The molecule has 0 spiro atoms. The second-order valence-corrected chi connectivity index (χ2v) is 7.06. The van der Waals surface area contributed by atoms with Crippen LogP contribution in [0.2, 0.25) is 0 Å². The summed E-state index contributed by atoms with van der Waals surface area (Å²) in [6, 6.07) is 1.84. The number of fused-ring (bicyclic) bond motifs is 1. The third kappa shape index (κ3) is 2.99. The van der Waals surface area contributed by atoms with E-state index in [4.69, 9.17) is 4.52 Å². The standard InChI is InChI=1S/C18H23N5O2/c1-12-13(2)25-21-16(12)17(24)23-10-14-4-8-22(9-5-15(14)11-23)18-19-6-3-7-20-18/h3,6-7,14-15H,4-5,8-11H2,1-2H3/t14-,15+. The molecule has 2 atom stereocenters. The molecule has 4 heterocycles. The zero-order valence-electron chi connectivity index (χ0n) is 14.7. The van der Waals surface area contributed by atoms with Gasteiger partial charge in [0, 0.05) is 44.1 Å². The minimum Gasteiger partial charge on any atom is -0.361 e. The maximum atomic E-state index is 12.8. The number of hydrogen-bond acceptors (Lipinski definition) is 6. The molecule has 25 heavy (non-hydrogen) atoms. The lowest BCUT2D eigenvalue weighted by Crippen LogP contribution is -2.32. The van der Waals surface area contributed by atoms with Gasteiger partial charge in [-0.3, -0.25) is 4.79 Å². The number of amides is 1. The van der Waals surface area contributed by atoms with Crippen molar-refractivity contribution in [1.82, 2.24) is 20.0 Å². The normalized spacial score (nSPS) is 23.4. The molecule has 7 nitrogen and oxygen atoms in total. The van der Waals surface area contributed by atoms with E-state index in [1.807, 2.05) is 24.8 Å². The lowest BCUT2D eigenvalue weighted by Gasteiger charge is -2.21. The van der Waals surface area contributed by atoms with E-state index in [1.54, 1.807) is 12.4 Å². The van der Waals surface area contributed by atoms with E-state index in [0.29, 0.717) is 17.5 Å². The topological polar surface area (TPSA) is 75.4 Å². The van der Waals surface area contributed by atoms with Crippen molar-refractivity contribution in [2.45, 2.75) is 26.7 Å². The Morgan fingerprint density at radius 3 is 2.32 bits per heavy atom. The summed E-state index contributed by atoms with van der Waals surface area (Å²) in [6.07, 6.45) is 5.69. The number of carbonyl (C=O) groups is 1. The van der Waals surface area contributed by atoms with E-state index in [0.717, 1.165) is 56.3 Å². The smallest absolute Gasteiger partial charge is 0.276 e. The zero-order valence-corrected chi connectivity index (χ0v) is 14.7. The van der Waals surface area contributed by atoms with Gasteiger partial charge in [0.1, 0.15) is 5.76 Å². The van der Waals surface area contributed by atoms with Crippen LogP contribution >= 0.6 is 0 Å². The highest BCUT2D eigenvalue weighted by Crippen LogP contribution is 2.33. The molecule has 2 aromatic rings. The summed E-state index contributed by atoms with van der Waals surface area (Å²) in [5, 5.41) is 3.96. The van der Waals surface area contributed by atoms with Gasteiger partial charge >= 0.3 is 0 Å². The van der Waals surface area contributed by atoms with Crippen LogP contribution in [0.5, 0.6) is 0 Å². The Kier molecular flexibility index (Phi) is 4.15. The zero-order chi connectivity index (χ0) is 17.4. The van der Waals surface area contributed by atoms with Crippen LogP contribution in [0.3, 0.4) is 0 Å². The van der Waals surface area contributed by atoms with Crippen molar-refractivity contribution in [3.63, 3.8) is 0 Å². The lowest BCUT2D eigenvalue weighted by atomic mass is 9.92. The second kappa shape index (κ2) is 6.46. The summed E-state index contributed by atoms with van der Waals surface area (Å²) in [5.41, 5.74) is 1.32. The summed E-state index contributed by atoms with van der Waals surface area (Å²) >= 11 is 0. The quantitative estimate of drug-likeness (QED) is 0.832. The Balaban J connectivity index is 1.42. The molecule has 2 saturated heterocycles. The third-order valence-corrected chi connectivity index (χ3v) is 5.60. The van der Waals surface area contributed by atoms with Crippen LogP contribution in [0.4, 0.5) is 5.95 Å². The molecule has 0 N–H and O–H groups in total. The first-order chi connectivity index (χ1) is 12.1. The molecule has 1 amide bonds. The van der Waals surface area contributed by atoms with E-state index in [1.165, 1.54) is 0 Å². The van der Waals surface area contributed by atoms with Crippen LogP contribution in [-0.2, 0) is 0 Å². The van der Waals surface area contributed by atoms with Crippen LogP contribution in [-0.4, -0.2) is 52.1 Å². The molecule has 7 heteroatoms. The molecule has 2 aliphatic heterocycles. The van der Waals surface area contributed by atoms with Gasteiger partial charge in [-0.25, -0.2) is 9.97 Å². The number of anilines is 1. The summed E-state index contributed by atoms with van der Waals surface area (Å²) < 4.78 is 5.16. The van der Waals surface area contributed by atoms with Gasteiger partial charge in [0.15, 0.2) is 5.69 Å². The SMILES string of the molecule is Cc1onc(C(=O)N2C[C@H]3CCN(c4ncccn4)CC[C@H]3C2)c1C. The summed E-state index contributed by atoms with van der Waals surface area (Å²) in [5.74, 6) is 2.60. The number of carbonyl (C=O) groups excluding carboxylic acids is 1. The van der Waals surface area contributed by atoms with Crippen molar-refractivity contribution in [1.29, 1.82) is 0 Å². The van der Waals surface area contributed by atoms with Crippen LogP contribution < -0.4 is 4.90 Å². The van der Waals surface area contributed by atoms with Crippen molar-refractivity contribution in [3.05, 3.63) is 35.5 Å². The molecule has 2 fully saturated rings. The van der Waals surface area contributed by atoms with Gasteiger partial charge in [0.2, 0.25) is 5.95 Å². The van der Waals surface area contributed by atoms with Gasteiger partial charge < -0.3 is 14.3 Å². The fraction of sp³-hybridized carbons (Fsp3) is 0.556. The molecule has 0 unspecified atom stereocenters. The number of aryl methyl sites for hydroxylation is 1. The first-order valence-electron chi connectivity index (χ1n) is 8.87. The lowest BCUT2D eigenvalue weighted by molar-refractivity contribution is 0.0771. The van der Waals surface area contributed by atoms with E-state index in [9.17, 15) is 4.79 Å². The molecule has 0 radical (unpaired) electrons. The Labute approximate surface area is 147 Å². The molecular weight excluding hydrogens is 318 g/mol. The van der Waals surface area contributed by atoms with Crippen molar-refractivity contribution < 1.29 is 9.32 Å². The predicted octanol–water partition coefficient (Wildman–Crippen LogP) is 2.07. The molecule has 0 saturated carbocycles. The largest absolute Gasteiger partial charge is 0.361 e. The summed E-state index contributed by atoms with van der Waals surface area (Å²) in [6.45, 7) is 7.22. The molecule has 2 aromatic heterocycles. The molecule has 0 bridgehead atoms. The average molecular weight is 341 g/mol. The van der Waals surface area contributed by atoms with Crippen LogP contribution in [0, 0.1) is 25.7 Å². The van der Waals surface area contributed by atoms with Crippen molar-refractivity contribution in [3.8, 4) is 0 Å². The average Bonchev–Trinajstić information content (AvgIpc) is 3.13. The van der Waals surface area contributed by atoms with Crippen LogP contribution in [0.1, 0.15) is 34.7 Å². The maximum absolute atomic E-state index is 12.8. The van der Waals surface area contributed by atoms with E-state index in [2.05, 4.69) is 20.0 Å². The van der Waals surface area contributed by atoms with Crippen molar-refractivity contribution in [2.75, 3.05) is 31.1 Å². The van der Waals surface area contributed by atoms with Gasteiger partial charge in [-0.05, 0) is 44.6 Å². The number of likely N-dealkylation sites (tertiary alicyclic amines) is 1. The van der Waals surface area contributed by atoms with Gasteiger partial charge in [-0.15, -0.1) is 0 Å². The molecular formula is C18H23N5O2. The Morgan fingerprint density at radius 2 is 1.76 bits per heavy atom. The Hall–Kier alpha value is -2.44. The summed E-state index contributed by atoms with van der Waals surface area (Å²) in [7, 11) is 0. The van der Waals surface area contributed by atoms with Gasteiger partial charge in [-0.2, -0.15) is 0 Å². The number of rotatable bonds is 2. The van der Waals surface area contributed by atoms with Gasteiger partial charge in [0.05, 0.1) is 0 Å². The summed E-state index contributed by atoms with van der Waals surface area (Å²) in [4.78, 5) is 25.7. The van der Waals surface area contributed by atoms with E-state index in [-0.39, 0.29) is 5.91 Å². The van der Waals surface area contributed by atoms with Gasteiger partial charge in [0.25, 0.3) is 5.91 Å². The first-order valence-corrected chi connectivity index (χ1v) is 8.87. The monoisotopic (exact) mass is 341 g/mol. The predicted molar refractivity (Wildman–Crippen MR) is 92.3 cm³/mol. The Bertz CT molecular complexity index is 744. The fourth-order valence-corrected chi connectivity index (χ4v) is 3.94. The van der Waals surface area contributed by atoms with Gasteiger partial charge in [-0.1, -0.05) is 5.16 Å². The minimum absolute atomic E-state index is 0.00525. The molecule has 4 rings (SSSR count). The fourth-order valence-electron chi connectivity index (χ4n) is 3.94. The molecule has 2 aliphatic rings. The number of nitrogens with zero attached hydrogens (tertiary/aromatic N) is 5. The molecule has 0 aromatic carbocycles. The molecule has 132 valence electrons. The van der Waals surface area contributed by atoms with Crippen LogP contribution in [0.15, 0.2) is 23.0 Å². The van der Waals surface area contributed by atoms with Crippen molar-refractivity contribution >= 4 is 11.9 Å². The van der Waals surface area contributed by atoms with E-state index < -0.39 is 0 Å². The Morgan fingerprint density at radius 1 is 1.12 bits per heavy atom. The molecule has 0 aliphatic carbocycles. The minimum atomic E-state index is 0.00525. The third-order valence-electron chi connectivity index (χ3n) is 5.60. The number of hydrogen-bond donors (Lipinski definition) is 0. The maximum Gasteiger partial charge on any atom is 0.276 e. The highest BCUT2D eigenvalue weighted by Gasteiger charge is 2.38. The highest BCUT2D eigenvalue weighted by atomic mass is 16.5.